The number of aromatic nitrogens is 3. The molecule has 1 rings (SSSR count). The molecule has 0 bridgehead atoms. The summed E-state index contributed by atoms with van der Waals surface area (Å²) in [5.41, 5.74) is 0.986. The van der Waals surface area contributed by atoms with Gasteiger partial charge in [-0.1, -0.05) is 5.21 Å². The van der Waals surface area contributed by atoms with Gasteiger partial charge in [0.2, 0.25) is 0 Å². The Labute approximate surface area is 101 Å². The fourth-order valence-electron chi connectivity index (χ4n) is 1.29. The zero-order valence-electron chi connectivity index (χ0n) is 9.98. The van der Waals surface area contributed by atoms with Crippen molar-refractivity contribution < 1.29 is 4.74 Å². The summed E-state index contributed by atoms with van der Waals surface area (Å²) in [6.45, 7) is 3.27. The van der Waals surface area contributed by atoms with Gasteiger partial charge in [0.05, 0.1) is 12.3 Å². The second-order valence-corrected chi connectivity index (χ2v) is 4.47. The number of nitrogens with zero attached hydrogens (tertiary/aromatic N) is 3. The standard InChI is InChI=1S/C10H20N4OS/c1-15-6-4-11-8-10-9-14(13-12-10)5-3-7-16-2/h9,11H,3-8H2,1-2H3. The van der Waals surface area contributed by atoms with Crippen molar-refractivity contribution >= 4 is 11.8 Å². The minimum Gasteiger partial charge on any atom is -0.383 e. The van der Waals surface area contributed by atoms with E-state index in [2.05, 4.69) is 21.9 Å². The largest absolute Gasteiger partial charge is 0.383 e. The van der Waals surface area contributed by atoms with E-state index in [1.54, 1.807) is 7.11 Å². The van der Waals surface area contributed by atoms with Crippen LogP contribution in [0.3, 0.4) is 0 Å². The Morgan fingerprint density at radius 2 is 2.44 bits per heavy atom. The van der Waals surface area contributed by atoms with Crippen LogP contribution in [0.2, 0.25) is 0 Å². The van der Waals surface area contributed by atoms with Gasteiger partial charge in [0.1, 0.15) is 0 Å². The van der Waals surface area contributed by atoms with Crippen molar-refractivity contribution in [2.45, 2.75) is 19.5 Å². The lowest BCUT2D eigenvalue weighted by Crippen LogP contribution is -2.18. The van der Waals surface area contributed by atoms with Gasteiger partial charge in [-0.2, -0.15) is 11.8 Å². The molecule has 0 saturated heterocycles. The Hall–Kier alpha value is -0.590. The maximum atomic E-state index is 4.94. The molecular weight excluding hydrogens is 224 g/mol. The van der Waals surface area contributed by atoms with Gasteiger partial charge in [-0.25, -0.2) is 0 Å². The zero-order chi connectivity index (χ0) is 11.6. The molecule has 1 N–H and O–H groups in total. The normalized spacial score (nSPS) is 10.9. The summed E-state index contributed by atoms with van der Waals surface area (Å²) in [5, 5.41) is 11.4. The first-order valence-electron chi connectivity index (χ1n) is 5.44. The molecule has 0 amide bonds. The lowest BCUT2D eigenvalue weighted by molar-refractivity contribution is 0.199. The van der Waals surface area contributed by atoms with Gasteiger partial charge in [0, 0.05) is 32.9 Å². The van der Waals surface area contributed by atoms with Gasteiger partial charge in [-0.15, -0.1) is 5.10 Å². The van der Waals surface area contributed by atoms with Crippen LogP contribution >= 0.6 is 11.8 Å². The average molecular weight is 244 g/mol. The minimum absolute atomic E-state index is 0.724. The first-order chi connectivity index (χ1) is 7.86. The molecule has 0 aliphatic carbocycles. The lowest BCUT2D eigenvalue weighted by Gasteiger charge is -2.00. The zero-order valence-corrected chi connectivity index (χ0v) is 10.8. The maximum absolute atomic E-state index is 4.94. The average Bonchev–Trinajstić information content (AvgIpc) is 2.73. The molecular formula is C10H20N4OS. The Morgan fingerprint density at radius 1 is 1.56 bits per heavy atom. The number of rotatable bonds is 9. The molecule has 0 aliphatic heterocycles. The van der Waals surface area contributed by atoms with Crippen LogP contribution in [0.5, 0.6) is 0 Å². The quantitative estimate of drug-likeness (QED) is 0.650. The van der Waals surface area contributed by atoms with E-state index in [0.29, 0.717) is 0 Å². The number of thioether (sulfide) groups is 1. The Kier molecular flexibility index (Phi) is 7.20. The highest BCUT2D eigenvalue weighted by Crippen LogP contribution is 1.99. The number of methoxy groups -OCH3 is 1. The topological polar surface area (TPSA) is 52.0 Å². The van der Waals surface area contributed by atoms with Gasteiger partial charge in [0.25, 0.3) is 0 Å². The van der Waals surface area contributed by atoms with Crippen LogP contribution in [-0.2, 0) is 17.8 Å². The van der Waals surface area contributed by atoms with Crippen molar-refractivity contribution in [2.75, 3.05) is 32.3 Å². The van der Waals surface area contributed by atoms with E-state index in [0.717, 1.165) is 38.4 Å². The van der Waals surface area contributed by atoms with Gasteiger partial charge >= 0.3 is 0 Å². The second kappa shape index (κ2) is 8.55. The number of hydrogen-bond donors (Lipinski definition) is 1. The van der Waals surface area contributed by atoms with Crippen LogP contribution in [-0.4, -0.2) is 47.3 Å². The molecule has 16 heavy (non-hydrogen) atoms. The third kappa shape index (κ3) is 5.48. The van der Waals surface area contributed by atoms with Gasteiger partial charge in [-0.05, 0) is 18.4 Å². The van der Waals surface area contributed by atoms with Crippen molar-refractivity contribution in [3.63, 3.8) is 0 Å². The third-order valence-electron chi connectivity index (χ3n) is 2.11. The highest BCUT2D eigenvalue weighted by atomic mass is 32.2. The maximum Gasteiger partial charge on any atom is 0.0964 e. The van der Waals surface area contributed by atoms with E-state index in [1.165, 1.54) is 5.75 Å². The summed E-state index contributed by atoms with van der Waals surface area (Å²) in [7, 11) is 1.70. The van der Waals surface area contributed by atoms with E-state index in [9.17, 15) is 0 Å². The summed E-state index contributed by atoms with van der Waals surface area (Å²) in [5.74, 6) is 1.17. The van der Waals surface area contributed by atoms with Crippen LogP contribution in [0.1, 0.15) is 12.1 Å². The molecule has 6 heteroatoms. The van der Waals surface area contributed by atoms with Crippen LogP contribution in [0.15, 0.2) is 6.20 Å². The molecule has 5 nitrogen and oxygen atoms in total. The van der Waals surface area contributed by atoms with Crippen LogP contribution in [0.25, 0.3) is 0 Å². The molecule has 1 heterocycles. The summed E-state index contributed by atoms with van der Waals surface area (Å²) in [6.07, 6.45) is 5.26. The summed E-state index contributed by atoms with van der Waals surface area (Å²) in [6, 6.07) is 0. The van der Waals surface area contributed by atoms with Gasteiger partial charge < -0.3 is 10.1 Å². The minimum atomic E-state index is 0.724. The lowest BCUT2D eigenvalue weighted by atomic mass is 10.4. The SMILES string of the molecule is COCCNCc1cn(CCCSC)nn1. The second-order valence-electron chi connectivity index (χ2n) is 3.49. The van der Waals surface area contributed by atoms with Crippen molar-refractivity contribution in [3.8, 4) is 0 Å². The Balaban J connectivity index is 2.17. The number of ether oxygens (including phenoxy) is 1. The van der Waals surface area contributed by atoms with Gasteiger partial charge in [0.15, 0.2) is 0 Å². The Bertz CT molecular complexity index is 280. The van der Waals surface area contributed by atoms with Crippen LogP contribution in [0.4, 0.5) is 0 Å². The molecule has 0 atom stereocenters. The molecule has 0 aromatic carbocycles. The highest BCUT2D eigenvalue weighted by molar-refractivity contribution is 7.98. The molecule has 0 radical (unpaired) electrons. The molecule has 92 valence electrons. The predicted molar refractivity (Wildman–Crippen MR) is 66.6 cm³/mol. The summed E-state index contributed by atoms with van der Waals surface area (Å²) < 4.78 is 6.85. The van der Waals surface area contributed by atoms with E-state index in [1.807, 2.05) is 22.6 Å². The van der Waals surface area contributed by atoms with E-state index in [4.69, 9.17) is 4.74 Å². The third-order valence-corrected chi connectivity index (χ3v) is 2.81. The van der Waals surface area contributed by atoms with Crippen molar-refractivity contribution in [3.05, 3.63) is 11.9 Å². The molecule has 0 saturated carbocycles. The van der Waals surface area contributed by atoms with E-state index >= 15 is 0 Å². The van der Waals surface area contributed by atoms with E-state index in [-0.39, 0.29) is 0 Å². The smallest absolute Gasteiger partial charge is 0.0964 e. The number of hydrogen-bond acceptors (Lipinski definition) is 5. The van der Waals surface area contributed by atoms with Crippen molar-refractivity contribution in [2.24, 2.45) is 0 Å². The van der Waals surface area contributed by atoms with E-state index < -0.39 is 0 Å². The van der Waals surface area contributed by atoms with Crippen LogP contribution < -0.4 is 5.32 Å². The molecule has 0 spiro atoms. The highest BCUT2D eigenvalue weighted by Gasteiger charge is 1.99. The first-order valence-corrected chi connectivity index (χ1v) is 6.84. The predicted octanol–water partition coefficient (Wildman–Crippen LogP) is 0.767. The summed E-state index contributed by atoms with van der Waals surface area (Å²) in [4.78, 5) is 0. The first kappa shape index (κ1) is 13.5. The molecule has 1 aromatic rings. The molecule has 0 unspecified atom stereocenters. The number of aryl methyl sites for hydroxylation is 1. The Morgan fingerprint density at radius 3 is 3.19 bits per heavy atom. The monoisotopic (exact) mass is 244 g/mol. The van der Waals surface area contributed by atoms with Crippen molar-refractivity contribution in [1.82, 2.24) is 20.3 Å². The van der Waals surface area contributed by atoms with Crippen LogP contribution in [0, 0.1) is 0 Å². The van der Waals surface area contributed by atoms with Crippen molar-refractivity contribution in [1.29, 1.82) is 0 Å². The summed E-state index contributed by atoms with van der Waals surface area (Å²) >= 11 is 1.86. The fourth-order valence-corrected chi connectivity index (χ4v) is 1.71. The van der Waals surface area contributed by atoms with Gasteiger partial charge in [-0.3, -0.25) is 4.68 Å². The fraction of sp³-hybridized carbons (Fsp3) is 0.800. The molecule has 1 aromatic heterocycles. The molecule has 0 aliphatic rings. The number of nitrogens with one attached hydrogen (secondary N) is 1. The molecule has 0 fully saturated rings.